The van der Waals surface area contributed by atoms with Crippen LogP contribution >= 0.6 is 0 Å². The zero-order valence-corrected chi connectivity index (χ0v) is 11.1. The number of hydrogen-bond donors (Lipinski definition) is 1. The zero-order valence-electron chi connectivity index (χ0n) is 11.1. The molecule has 2 aliphatic heterocycles. The second-order valence-corrected chi connectivity index (χ2v) is 5.67. The highest BCUT2D eigenvalue weighted by Crippen LogP contribution is 2.34. The smallest absolute Gasteiger partial charge is 0.123 e. The maximum atomic E-state index is 6.37. The summed E-state index contributed by atoms with van der Waals surface area (Å²) in [5.41, 5.74) is 8.88. The highest BCUT2D eigenvalue weighted by atomic mass is 16.5. The molecule has 1 aromatic carbocycles. The number of benzene rings is 1. The lowest BCUT2D eigenvalue weighted by molar-refractivity contribution is 0.118. The van der Waals surface area contributed by atoms with E-state index < -0.39 is 0 Å². The molecular weight excluding hydrogens is 226 g/mol. The Kier molecular flexibility index (Phi) is 3.04. The summed E-state index contributed by atoms with van der Waals surface area (Å²) in [5.74, 6) is 1.47. The molecule has 1 aromatic rings. The lowest BCUT2D eigenvalue weighted by Crippen LogP contribution is -2.21. The predicted octanol–water partition coefficient (Wildman–Crippen LogP) is 2.43. The minimum absolute atomic E-state index is 0.0798. The van der Waals surface area contributed by atoms with Crippen LogP contribution < -0.4 is 10.5 Å². The van der Waals surface area contributed by atoms with Gasteiger partial charge in [-0.2, -0.15) is 0 Å². The maximum Gasteiger partial charge on any atom is 0.123 e. The van der Waals surface area contributed by atoms with Gasteiger partial charge >= 0.3 is 0 Å². The molecule has 0 bridgehead atoms. The fourth-order valence-electron chi connectivity index (χ4n) is 3.02. The molecule has 0 amide bonds. The molecule has 98 valence electrons. The van der Waals surface area contributed by atoms with Crippen LogP contribution in [-0.4, -0.2) is 18.8 Å². The first kappa shape index (κ1) is 12.0. The fraction of sp³-hybridized carbons (Fsp3) is 0.600. The van der Waals surface area contributed by atoms with Crippen LogP contribution in [0.1, 0.15) is 37.4 Å². The molecule has 3 heteroatoms. The molecule has 0 aliphatic carbocycles. The lowest BCUT2D eigenvalue weighted by atomic mass is 9.90. The third-order valence-corrected chi connectivity index (χ3v) is 4.04. The van der Waals surface area contributed by atoms with Crippen LogP contribution in [0, 0.1) is 5.92 Å². The van der Waals surface area contributed by atoms with Gasteiger partial charge in [-0.1, -0.05) is 12.1 Å². The summed E-state index contributed by atoms with van der Waals surface area (Å²) < 4.78 is 11.3. The zero-order chi connectivity index (χ0) is 12.7. The van der Waals surface area contributed by atoms with E-state index in [-0.39, 0.29) is 6.04 Å². The average Bonchev–Trinajstić information content (AvgIpc) is 2.92. The summed E-state index contributed by atoms with van der Waals surface area (Å²) in [6, 6.07) is 6.46. The average molecular weight is 247 g/mol. The van der Waals surface area contributed by atoms with Crippen LogP contribution in [0.3, 0.4) is 0 Å². The van der Waals surface area contributed by atoms with Crippen molar-refractivity contribution < 1.29 is 9.47 Å². The Hall–Kier alpha value is -1.06. The van der Waals surface area contributed by atoms with E-state index in [1.165, 1.54) is 11.1 Å². The summed E-state index contributed by atoms with van der Waals surface area (Å²) in [4.78, 5) is 0. The summed E-state index contributed by atoms with van der Waals surface area (Å²) in [6.45, 7) is 5.00. The maximum absolute atomic E-state index is 6.37. The monoisotopic (exact) mass is 247 g/mol. The number of nitrogens with two attached hydrogens (primary N) is 1. The quantitative estimate of drug-likeness (QED) is 0.873. The van der Waals surface area contributed by atoms with Gasteiger partial charge in [0, 0.05) is 18.4 Å². The van der Waals surface area contributed by atoms with Crippen LogP contribution in [-0.2, 0) is 11.2 Å². The molecule has 2 N–H and O–H groups in total. The first-order chi connectivity index (χ1) is 8.63. The van der Waals surface area contributed by atoms with E-state index in [0.717, 1.165) is 25.2 Å². The fourth-order valence-corrected chi connectivity index (χ4v) is 3.02. The summed E-state index contributed by atoms with van der Waals surface area (Å²) in [7, 11) is 0. The van der Waals surface area contributed by atoms with Crippen molar-refractivity contribution >= 4 is 0 Å². The molecule has 2 heterocycles. The molecule has 3 nitrogen and oxygen atoms in total. The predicted molar refractivity (Wildman–Crippen MR) is 70.7 cm³/mol. The van der Waals surface area contributed by atoms with E-state index in [0.29, 0.717) is 18.1 Å². The Morgan fingerprint density at radius 2 is 2.11 bits per heavy atom. The van der Waals surface area contributed by atoms with Gasteiger partial charge in [-0.15, -0.1) is 0 Å². The third kappa shape index (κ3) is 2.13. The van der Waals surface area contributed by atoms with Gasteiger partial charge in [0.05, 0.1) is 12.7 Å². The minimum Gasteiger partial charge on any atom is -0.490 e. The molecule has 1 saturated heterocycles. The summed E-state index contributed by atoms with van der Waals surface area (Å²) in [6.07, 6.45) is 2.69. The van der Waals surface area contributed by atoms with Crippen molar-refractivity contribution in [2.45, 2.75) is 44.9 Å². The van der Waals surface area contributed by atoms with Crippen LogP contribution in [0.2, 0.25) is 0 Å². The Balaban J connectivity index is 1.79. The van der Waals surface area contributed by atoms with E-state index in [1.807, 2.05) is 0 Å². The standard InChI is InChI=1S/C15H21NO2/c1-9-5-13(8-17-9)15(16)11-3-4-14-12(7-11)6-10(2)18-14/h3-4,7,9-10,13,15H,5-6,8,16H2,1-2H3. The van der Waals surface area contributed by atoms with Crippen LogP contribution in [0.25, 0.3) is 0 Å². The molecule has 2 aliphatic rings. The van der Waals surface area contributed by atoms with Gasteiger partial charge in [-0.05, 0) is 37.5 Å². The van der Waals surface area contributed by atoms with Crippen LogP contribution in [0.15, 0.2) is 18.2 Å². The molecule has 0 radical (unpaired) electrons. The van der Waals surface area contributed by atoms with E-state index in [9.17, 15) is 0 Å². The van der Waals surface area contributed by atoms with E-state index in [4.69, 9.17) is 15.2 Å². The van der Waals surface area contributed by atoms with Crippen molar-refractivity contribution in [3.63, 3.8) is 0 Å². The summed E-state index contributed by atoms with van der Waals surface area (Å²) in [5, 5.41) is 0. The van der Waals surface area contributed by atoms with E-state index in [2.05, 4.69) is 32.0 Å². The molecule has 3 rings (SSSR count). The van der Waals surface area contributed by atoms with Gasteiger partial charge < -0.3 is 15.2 Å². The van der Waals surface area contributed by atoms with Crippen LogP contribution in [0.5, 0.6) is 5.75 Å². The Morgan fingerprint density at radius 3 is 2.83 bits per heavy atom. The number of hydrogen-bond acceptors (Lipinski definition) is 3. The second kappa shape index (κ2) is 4.56. The largest absolute Gasteiger partial charge is 0.490 e. The van der Waals surface area contributed by atoms with Crippen molar-refractivity contribution in [2.24, 2.45) is 11.7 Å². The summed E-state index contributed by atoms with van der Waals surface area (Å²) >= 11 is 0. The molecule has 0 spiro atoms. The van der Waals surface area contributed by atoms with Crippen molar-refractivity contribution in [1.29, 1.82) is 0 Å². The Morgan fingerprint density at radius 1 is 1.28 bits per heavy atom. The van der Waals surface area contributed by atoms with Crippen molar-refractivity contribution in [3.8, 4) is 5.75 Å². The van der Waals surface area contributed by atoms with Crippen molar-refractivity contribution in [3.05, 3.63) is 29.3 Å². The van der Waals surface area contributed by atoms with Gasteiger partial charge in [0.25, 0.3) is 0 Å². The van der Waals surface area contributed by atoms with Gasteiger partial charge in [-0.25, -0.2) is 0 Å². The van der Waals surface area contributed by atoms with E-state index in [1.54, 1.807) is 0 Å². The highest BCUT2D eigenvalue weighted by molar-refractivity contribution is 5.41. The van der Waals surface area contributed by atoms with E-state index >= 15 is 0 Å². The van der Waals surface area contributed by atoms with Gasteiger partial charge in [0.2, 0.25) is 0 Å². The highest BCUT2D eigenvalue weighted by Gasteiger charge is 2.29. The Bertz CT molecular complexity index is 446. The molecule has 0 saturated carbocycles. The minimum atomic E-state index is 0.0798. The van der Waals surface area contributed by atoms with Crippen LogP contribution in [0.4, 0.5) is 0 Å². The molecule has 4 unspecified atom stereocenters. The normalized spacial score (nSPS) is 32.1. The Labute approximate surface area is 108 Å². The van der Waals surface area contributed by atoms with Gasteiger partial charge in [-0.3, -0.25) is 0 Å². The molecule has 0 aromatic heterocycles. The molecule has 18 heavy (non-hydrogen) atoms. The number of rotatable bonds is 2. The second-order valence-electron chi connectivity index (χ2n) is 5.67. The SMILES string of the molecule is CC1CC(C(N)c2ccc3c(c2)CC(C)O3)CO1. The van der Waals surface area contributed by atoms with Crippen molar-refractivity contribution in [2.75, 3.05) is 6.61 Å². The molecular formula is C15H21NO2. The molecule has 1 fully saturated rings. The number of ether oxygens (including phenoxy) is 2. The first-order valence-electron chi connectivity index (χ1n) is 6.80. The third-order valence-electron chi connectivity index (χ3n) is 4.04. The van der Waals surface area contributed by atoms with Gasteiger partial charge in [0.15, 0.2) is 0 Å². The number of fused-ring (bicyclic) bond motifs is 1. The molecule has 4 atom stereocenters. The van der Waals surface area contributed by atoms with Gasteiger partial charge in [0.1, 0.15) is 11.9 Å². The van der Waals surface area contributed by atoms with Crippen molar-refractivity contribution in [1.82, 2.24) is 0 Å². The lowest BCUT2D eigenvalue weighted by Gasteiger charge is -2.18. The topological polar surface area (TPSA) is 44.5 Å². The first-order valence-corrected chi connectivity index (χ1v) is 6.80.